The molecule has 0 unspecified atom stereocenters. The minimum Gasteiger partial charge on any atom is -0.497 e. The van der Waals surface area contributed by atoms with E-state index in [1.165, 1.54) is 0 Å². The minimum absolute atomic E-state index is 0.0139. The number of benzene rings is 2. The summed E-state index contributed by atoms with van der Waals surface area (Å²) in [6.07, 6.45) is 2.77. The first kappa shape index (κ1) is 27.7. The molecule has 37 heavy (non-hydrogen) atoms. The van der Waals surface area contributed by atoms with Crippen LogP contribution in [0.4, 0.5) is 17.6 Å². The first-order chi connectivity index (χ1) is 17.7. The largest absolute Gasteiger partial charge is 0.497 e. The minimum atomic E-state index is -1.20. The average Bonchev–Trinajstić information content (AvgIpc) is 2.90. The quantitative estimate of drug-likeness (QED) is 0.179. The molecule has 4 nitrogen and oxygen atoms in total. The van der Waals surface area contributed by atoms with Crippen molar-refractivity contribution in [3.63, 3.8) is 0 Å². The third-order valence-corrected chi connectivity index (χ3v) is 8.43. The number of hydrogen-bond acceptors (Lipinski definition) is 5. The standard InChI is InChI=1S/C28H32F4N2O2S/c1-18-16-33-24-4-3-20(36-2)15-21(24)26(18)22(30)5-6-28(17-35)7-9-34(10-8-28)11-12-37-25-14-19(29)13-23(31)27(25)32/h3-4,13-16,22,35H,5-12,17H2,1-2H3/t22-/m0/s1. The zero-order valence-electron chi connectivity index (χ0n) is 21.1. The van der Waals surface area contributed by atoms with Crippen LogP contribution in [0, 0.1) is 29.8 Å². The molecule has 0 radical (unpaired) electrons. The van der Waals surface area contributed by atoms with Gasteiger partial charge in [-0.05, 0) is 86.5 Å². The number of piperidine rings is 1. The van der Waals surface area contributed by atoms with Gasteiger partial charge in [-0.3, -0.25) is 4.98 Å². The summed E-state index contributed by atoms with van der Waals surface area (Å²) in [5.41, 5.74) is 1.76. The molecule has 1 aromatic heterocycles. The summed E-state index contributed by atoms with van der Waals surface area (Å²) < 4.78 is 61.7. The van der Waals surface area contributed by atoms with Crippen LogP contribution in [0.2, 0.25) is 0 Å². The Morgan fingerprint density at radius 2 is 1.92 bits per heavy atom. The summed E-state index contributed by atoms with van der Waals surface area (Å²) in [4.78, 5) is 6.57. The van der Waals surface area contributed by atoms with Gasteiger partial charge in [0.15, 0.2) is 11.6 Å². The van der Waals surface area contributed by atoms with Gasteiger partial charge >= 0.3 is 0 Å². The number of thioether (sulfide) groups is 1. The Balaban J connectivity index is 1.33. The van der Waals surface area contributed by atoms with Gasteiger partial charge in [-0.25, -0.2) is 17.6 Å². The van der Waals surface area contributed by atoms with Crippen LogP contribution in [0.25, 0.3) is 10.9 Å². The molecule has 4 rings (SSSR count). The molecule has 200 valence electrons. The van der Waals surface area contributed by atoms with Gasteiger partial charge in [-0.1, -0.05) is 0 Å². The van der Waals surface area contributed by atoms with Gasteiger partial charge in [0.25, 0.3) is 0 Å². The van der Waals surface area contributed by atoms with Crippen LogP contribution < -0.4 is 4.74 Å². The van der Waals surface area contributed by atoms with Gasteiger partial charge in [-0.15, -0.1) is 11.8 Å². The molecule has 0 spiro atoms. The fourth-order valence-corrected chi connectivity index (χ4v) is 6.06. The van der Waals surface area contributed by atoms with Crippen LogP contribution in [0.1, 0.15) is 43.0 Å². The number of rotatable bonds is 10. The SMILES string of the molecule is COc1ccc2ncc(C)c([C@@H](F)CCC3(CO)CCN(CCSc4cc(F)cc(F)c4F)CC3)c2c1. The third kappa shape index (κ3) is 6.38. The number of ether oxygens (including phenoxy) is 1. The fraction of sp³-hybridized carbons (Fsp3) is 0.464. The Morgan fingerprint density at radius 3 is 2.62 bits per heavy atom. The Hall–Kier alpha value is -2.36. The molecule has 3 aromatic rings. The van der Waals surface area contributed by atoms with Crippen molar-refractivity contribution in [1.82, 2.24) is 9.88 Å². The molecule has 0 amide bonds. The van der Waals surface area contributed by atoms with Crippen LogP contribution in [0.5, 0.6) is 5.75 Å². The summed E-state index contributed by atoms with van der Waals surface area (Å²) in [5.74, 6) is -1.88. The molecule has 1 saturated heterocycles. The van der Waals surface area contributed by atoms with Crippen molar-refractivity contribution in [2.45, 2.75) is 43.7 Å². The van der Waals surface area contributed by atoms with Gasteiger partial charge < -0.3 is 14.7 Å². The lowest BCUT2D eigenvalue weighted by Crippen LogP contribution is -2.42. The van der Waals surface area contributed by atoms with E-state index in [2.05, 4.69) is 9.88 Å². The molecule has 1 N–H and O–H groups in total. The maximum absolute atomic E-state index is 15.7. The van der Waals surface area contributed by atoms with Crippen molar-refractivity contribution in [3.8, 4) is 5.75 Å². The molecule has 9 heteroatoms. The highest BCUT2D eigenvalue weighted by Crippen LogP contribution is 2.41. The maximum Gasteiger partial charge on any atom is 0.172 e. The van der Waals surface area contributed by atoms with E-state index in [0.29, 0.717) is 67.5 Å². The summed E-state index contributed by atoms with van der Waals surface area (Å²) in [5, 5.41) is 11.0. The number of nitrogens with zero attached hydrogens (tertiary/aromatic N) is 2. The number of halogens is 4. The molecule has 0 aliphatic carbocycles. The maximum atomic E-state index is 15.7. The molecular formula is C28H32F4N2O2S. The molecule has 1 fully saturated rings. The summed E-state index contributed by atoms with van der Waals surface area (Å²) in [6, 6.07) is 7.00. The second-order valence-electron chi connectivity index (χ2n) is 9.79. The number of fused-ring (bicyclic) bond motifs is 1. The van der Waals surface area contributed by atoms with Crippen molar-refractivity contribution in [2.75, 3.05) is 39.1 Å². The Labute approximate surface area is 219 Å². The third-order valence-electron chi connectivity index (χ3n) is 7.43. The Morgan fingerprint density at radius 1 is 1.16 bits per heavy atom. The van der Waals surface area contributed by atoms with E-state index in [9.17, 15) is 18.3 Å². The number of alkyl halides is 1. The summed E-state index contributed by atoms with van der Waals surface area (Å²) in [6.45, 7) is 3.90. The highest BCUT2D eigenvalue weighted by molar-refractivity contribution is 7.99. The van der Waals surface area contributed by atoms with Crippen molar-refractivity contribution >= 4 is 22.7 Å². The van der Waals surface area contributed by atoms with Crippen LogP contribution in [0.3, 0.4) is 0 Å². The number of aromatic nitrogens is 1. The topological polar surface area (TPSA) is 45.6 Å². The second-order valence-corrected chi connectivity index (χ2v) is 10.9. The summed E-state index contributed by atoms with van der Waals surface area (Å²) >= 11 is 1.08. The van der Waals surface area contributed by atoms with Crippen molar-refractivity contribution in [1.29, 1.82) is 0 Å². The highest BCUT2D eigenvalue weighted by atomic mass is 32.2. The second kappa shape index (κ2) is 12.0. The van der Waals surface area contributed by atoms with E-state index in [0.717, 1.165) is 28.8 Å². The van der Waals surface area contributed by atoms with Crippen LogP contribution in [-0.2, 0) is 0 Å². The molecular weight excluding hydrogens is 504 g/mol. The van der Waals surface area contributed by atoms with Crippen LogP contribution >= 0.6 is 11.8 Å². The van der Waals surface area contributed by atoms with Gasteiger partial charge in [-0.2, -0.15) is 0 Å². The number of aliphatic hydroxyl groups is 1. The first-order valence-corrected chi connectivity index (χ1v) is 13.4. The van der Waals surface area contributed by atoms with E-state index in [1.807, 2.05) is 25.1 Å². The number of aliphatic hydroxyl groups excluding tert-OH is 1. The zero-order chi connectivity index (χ0) is 26.6. The van der Waals surface area contributed by atoms with Gasteiger partial charge in [0.05, 0.1) is 12.6 Å². The smallest absolute Gasteiger partial charge is 0.172 e. The molecule has 0 saturated carbocycles. The van der Waals surface area contributed by atoms with Crippen LogP contribution in [0.15, 0.2) is 41.4 Å². The van der Waals surface area contributed by atoms with Gasteiger partial charge in [0.2, 0.25) is 0 Å². The first-order valence-electron chi connectivity index (χ1n) is 12.4. The van der Waals surface area contributed by atoms with E-state index in [-0.39, 0.29) is 23.3 Å². The Bertz CT molecular complexity index is 1230. The predicted octanol–water partition coefficient (Wildman–Crippen LogP) is 6.63. The monoisotopic (exact) mass is 536 g/mol. The zero-order valence-corrected chi connectivity index (χ0v) is 21.9. The highest BCUT2D eigenvalue weighted by Gasteiger charge is 2.35. The molecule has 1 aliphatic heterocycles. The van der Waals surface area contributed by atoms with Crippen molar-refractivity contribution in [2.24, 2.45) is 5.41 Å². The number of likely N-dealkylation sites (tertiary alicyclic amines) is 1. The van der Waals surface area contributed by atoms with E-state index >= 15 is 4.39 Å². The van der Waals surface area contributed by atoms with Gasteiger partial charge in [0, 0.05) is 41.4 Å². The van der Waals surface area contributed by atoms with E-state index in [1.54, 1.807) is 13.3 Å². The van der Waals surface area contributed by atoms with E-state index < -0.39 is 23.6 Å². The predicted molar refractivity (Wildman–Crippen MR) is 138 cm³/mol. The molecule has 1 atom stereocenters. The number of hydrogen-bond donors (Lipinski definition) is 1. The molecule has 2 heterocycles. The normalized spacial score (nSPS) is 16.7. The van der Waals surface area contributed by atoms with Crippen LogP contribution in [-0.4, -0.2) is 54.1 Å². The lowest BCUT2D eigenvalue weighted by molar-refractivity contribution is 0.0323. The van der Waals surface area contributed by atoms with E-state index in [4.69, 9.17) is 4.74 Å². The molecule has 1 aliphatic rings. The number of methoxy groups -OCH3 is 1. The number of pyridine rings is 1. The molecule has 2 aromatic carbocycles. The number of aryl methyl sites for hydroxylation is 1. The lowest BCUT2D eigenvalue weighted by Gasteiger charge is -2.41. The van der Waals surface area contributed by atoms with Crippen molar-refractivity contribution < 1.29 is 27.4 Å². The fourth-order valence-electron chi connectivity index (χ4n) is 5.07. The molecule has 0 bridgehead atoms. The lowest BCUT2D eigenvalue weighted by atomic mass is 9.74. The Kier molecular flexibility index (Phi) is 8.98. The van der Waals surface area contributed by atoms with Crippen molar-refractivity contribution in [3.05, 3.63) is 65.1 Å². The summed E-state index contributed by atoms with van der Waals surface area (Å²) in [7, 11) is 1.58. The average molecular weight is 537 g/mol. The van der Waals surface area contributed by atoms with Gasteiger partial charge in [0.1, 0.15) is 17.7 Å².